The number of halogens is 2. The van der Waals surface area contributed by atoms with Gasteiger partial charge < -0.3 is 5.32 Å². The van der Waals surface area contributed by atoms with Crippen molar-refractivity contribution >= 4 is 11.7 Å². The van der Waals surface area contributed by atoms with E-state index >= 15 is 0 Å². The number of rotatable bonds is 6. The van der Waals surface area contributed by atoms with Crippen molar-refractivity contribution in [1.82, 2.24) is 25.3 Å². The first kappa shape index (κ1) is 19.9. The third-order valence-electron chi connectivity index (χ3n) is 4.25. The Bertz CT molecular complexity index is 1100. The number of nitrogens with one attached hydrogen (secondary N) is 2. The molecular formula is C19H16F2N6O2. The van der Waals surface area contributed by atoms with E-state index in [0.29, 0.717) is 5.69 Å². The van der Waals surface area contributed by atoms with Gasteiger partial charge in [-0.1, -0.05) is 0 Å². The van der Waals surface area contributed by atoms with Gasteiger partial charge in [-0.25, -0.2) is 8.78 Å². The molecule has 0 aliphatic carbocycles. The third-order valence-corrected chi connectivity index (χ3v) is 4.25. The van der Waals surface area contributed by atoms with E-state index in [4.69, 9.17) is 5.26 Å². The Hall–Kier alpha value is -3.87. The summed E-state index contributed by atoms with van der Waals surface area (Å²) in [6, 6.07) is 6.24. The molecular weight excluding hydrogens is 382 g/mol. The topological polar surface area (TPSA) is 116 Å². The molecule has 3 aromatic rings. The summed E-state index contributed by atoms with van der Waals surface area (Å²) in [4.78, 5) is 23.4. The average molecular weight is 398 g/mol. The van der Waals surface area contributed by atoms with Crippen molar-refractivity contribution in [3.63, 3.8) is 0 Å². The van der Waals surface area contributed by atoms with Gasteiger partial charge >= 0.3 is 0 Å². The lowest BCUT2D eigenvalue weighted by Crippen LogP contribution is -2.30. The van der Waals surface area contributed by atoms with Crippen LogP contribution >= 0.6 is 0 Å². The number of H-pyrrole nitrogens is 1. The zero-order chi connectivity index (χ0) is 21.1. The Kier molecular flexibility index (Phi) is 5.50. The highest BCUT2D eigenvalue weighted by Crippen LogP contribution is 2.23. The van der Waals surface area contributed by atoms with Crippen molar-refractivity contribution < 1.29 is 18.4 Å². The van der Waals surface area contributed by atoms with Crippen LogP contribution in [0.2, 0.25) is 0 Å². The number of carbonyl (C=O) groups excluding carboxylic acids is 2. The van der Waals surface area contributed by atoms with Crippen LogP contribution in [0, 0.1) is 23.0 Å². The van der Waals surface area contributed by atoms with Crippen LogP contribution in [0.15, 0.2) is 30.5 Å². The van der Waals surface area contributed by atoms with E-state index in [0.717, 1.165) is 12.1 Å². The molecule has 0 radical (unpaired) electrons. The van der Waals surface area contributed by atoms with Crippen molar-refractivity contribution in [1.29, 1.82) is 5.26 Å². The summed E-state index contributed by atoms with van der Waals surface area (Å²) in [5, 5.41) is 22.0. The second kappa shape index (κ2) is 8.02. The van der Waals surface area contributed by atoms with Crippen LogP contribution in [0.25, 0.3) is 11.3 Å². The Morgan fingerprint density at radius 1 is 1.31 bits per heavy atom. The molecule has 1 atom stereocenters. The number of hydrogen-bond acceptors (Lipinski definition) is 5. The normalized spacial score (nSPS) is 11.7. The lowest BCUT2D eigenvalue weighted by atomic mass is 10.1. The van der Waals surface area contributed by atoms with Crippen LogP contribution in [0.3, 0.4) is 0 Å². The van der Waals surface area contributed by atoms with Crippen molar-refractivity contribution in [3.8, 4) is 17.3 Å². The number of hydrogen-bond donors (Lipinski definition) is 2. The van der Waals surface area contributed by atoms with Crippen LogP contribution in [0.5, 0.6) is 0 Å². The summed E-state index contributed by atoms with van der Waals surface area (Å²) in [7, 11) is 0. The van der Waals surface area contributed by atoms with Gasteiger partial charge in [0.2, 0.25) is 0 Å². The molecule has 2 N–H and O–H groups in total. The van der Waals surface area contributed by atoms with Crippen LogP contribution in [0.4, 0.5) is 8.78 Å². The molecule has 29 heavy (non-hydrogen) atoms. The summed E-state index contributed by atoms with van der Waals surface area (Å²) in [6.07, 6.45) is 1.62. The summed E-state index contributed by atoms with van der Waals surface area (Å²) < 4.78 is 29.2. The number of aromatic nitrogens is 4. The SMILES string of the molecule is CC(=O)c1cc(C(=O)NCC(C)n2ccc(-c3cc(F)c(C#N)c(F)c3)n2)[nH]n1. The zero-order valence-corrected chi connectivity index (χ0v) is 15.5. The number of nitriles is 1. The minimum Gasteiger partial charge on any atom is -0.349 e. The van der Waals surface area contributed by atoms with Crippen molar-refractivity contribution in [2.24, 2.45) is 0 Å². The van der Waals surface area contributed by atoms with Gasteiger partial charge in [0.15, 0.2) is 5.78 Å². The molecule has 0 bridgehead atoms. The molecule has 3 rings (SSSR count). The van der Waals surface area contributed by atoms with Gasteiger partial charge in [0, 0.05) is 25.2 Å². The van der Waals surface area contributed by atoms with E-state index in [-0.39, 0.29) is 35.3 Å². The molecule has 0 aliphatic rings. The second-order valence-corrected chi connectivity index (χ2v) is 6.39. The summed E-state index contributed by atoms with van der Waals surface area (Å²) in [6.45, 7) is 3.36. The molecule has 0 fully saturated rings. The van der Waals surface area contributed by atoms with E-state index in [1.54, 1.807) is 19.2 Å². The van der Waals surface area contributed by atoms with Gasteiger partial charge in [0.05, 0.1) is 11.7 Å². The fourth-order valence-corrected chi connectivity index (χ4v) is 2.61. The standard InChI is InChI=1S/C19H16F2N6O2/c1-10(9-23-19(29)18-7-17(11(2)28)24-25-18)27-4-3-16(26-27)12-5-14(20)13(8-22)15(21)6-12/h3-7,10H,9H2,1-2H3,(H,23,29)(H,24,25). The molecule has 0 spiro atoms. The summed E-state index contributed by atoms with van der Waals surface area (Å²) in [5.74, 6) is -2.60. The molecule has 1 amide bonds. The quantitative estimate of drug-likeness (QED) is 0.619. The zero-order valence-electron chi connectivity index (χ0n) is 15.5. The fourth-order valence-electron chi connectivity index (χ4n) is 2.61. The van der Waals surface area contributed by atoms with Gasteiger partial charge in [-0.3, -0.25) is 19.4 Å². The number of ketones is 1. The minimum atomic E-state index is -0.957. The Morgan fingerprint density at radius 2 is 2.00 bits per heavy atom. The van der Waals surface area contributed by atoms with Gasteiger partial charge in [-0.05, 0) is 31.2 Å². The Labute approximate surface area is 164 Å². The molecule has 2 heterocycles. The lowest BCUT2D eigenvalue weighted by Gasteiger charge is -2.13. The molecule has 0 aliphatic heterocycles. The van der Waals surface area contributed by atoms with E-state index in [1.165, 1.54) is 23.7 Å². The number of Topliss-reactive ketones (excluding diaryl/α,β-unsaturated/α-hetero) is 1. The number of carbonyl (C=O) groups is 2. The molecule has 8 nitrogen and oxygen atoms in total. The second-order valence-electron chi connectivity index (χ2n) is 6.39. The van der Waals surface area contributed by atoms with Crippen LogP contribution < -0.4 is 5.32 Å². The molecule has 148 valence electrons. The first-order valence-corrected chi connectivity index (χ1v) is 8.59. The molecule has 2 aromatic heterocycles. The van der Waals surface area contributed by atoms with E-state index in [9.17, 15) is 18.4 Å². The number of aromatic amines is 1. The molecule has 0 saturated heterocycles. The van der Waals surface area contributed by atoms with Crippen molar-refractivity contribution in [2.75, 3.05) is 6.54 Å². The number of nitrogens with zero attached hydrogens (tertiary/aromatic N) is 4. The van der Waals surface area contributed by atoms with E-state index < -0.39 is 23.1 Å². The van der Waals surface area contributed by atoms with E-state index in [1.807, 2.05) is 0 Å². The number of benzene rings is 1. The van der Waals surface area contributed by atoms with Gasteiger partial charge in [0.25, 0.3) is 5.91 Å². The maximum Gasteiger partial charge on any atom is 0.269 e. The van der Waals surface area contributed by atoms with Crippen LogP contribution in [-0.4, -0.2) is 38.2 Å². The van der Waals surface area contributed by atoms with E-state index in [2.05, 4.69) is 20.6 Å². The van der Waals surface area contributed by atoms with Crippen LogP contribution in [0.1, 0.15) is 46.4 Å². The monoisotopic (exact) mass is 398 g/mol. The largest absolute Gasteiger partial charge is 0.349 e. The van der Waals surface area contributed by atoms with Gasteiger partial charge in [-0.15, -0.1) is 0 Å². The minimum absolute atomic E-state index is 0.159. The third kappa shape index (κ3) is 4.19. The summed E-state index contributed by atoms with van der Waals surface area (Å²) >= 11 is 0. The van der Waals surface area contributed by atoms with Crippen LogP contribution in [-0.2, 0) is 0 Å². The Morgan fingerprint density at radius 3 is 2.59 bits per heavy atom. The lowest BCUT2D eigenvalue weighted by molar-refractivity contribution is 0.0942. The predicted octanol–water partition coefficient (Wildman–Crippen LogP) is 2.62. The van der Waals surface area contributed by atoms with Gasteiger partial charge in [-0.2, -0.15) is 15.5 Å². The maximum absolute atomic E-state index is 13.8. The number of amides is 1. The maximum atomic E-state index is 13.8. The summed E-state index contributed by atoms with van der Waals surface area (Å²) in [5.41, 5.74) is 0.207. The fraction of sp³-hybridized carbons (Fsp3) is 0.211. The van der Waals surface area contributed by atoms with Crippen molar-refractivity contribution in [3.05, 3.63) is 59.0 Å². The highest BCUT2D eigenvalue weighted by molar-refractivity contribution is 5.97. The highest BCUT2D eigenvalue weighted by atomic mass is 19.1. The molecule has 1 aromatic carbocycles. The first-order valence-electron chi connectivity index (χ1n) is 8.59. The molecule has 1 unspecified atom stereocenters. The predicted molar refractivity (Wildman–Crippen MR) is 97.9 cm³/mol. The molecule has 10 heteroatoms. The van der Waals surface area contributed by atoms with Gasteiger partial charge in [0.1, 0.15) is 34.7 Å². The molecule has 0 saturated carbocycles. The average Bonchev–Trinajstić information content (AvgIpc) is 3.35. The smallest absolute Gasteiger partial charge is 0.269 e. The first-order chi connectivity index (χ1) is 13.8. The Balaban J connectivity index is 1.68. The van der Waals surface area contributed by atoms with Crippen molar-refractivity contribution in [2.45, 2.75) is 19.9 Å². The highest BCUT2D eigenvalue weighted by Gasteiger charge is 2.16.